The van der Waals surface area contributed by atoms with Gasteiger partial charge in [-0.15, -0.1) is 12.8 Å². The first-order valence-corrected chi connectivity index (χ1v) is 19.6. The van der Waals surface area contributed by atoms with Crippen molar-refractivity contribution >= 4 is 5.91 Å². The van der Waals surface area contributed by atoms with Crippen LogP contribution in [0.25, 0.3) is 0 Å². The van der Waals surface area contributed by atoms with Crippen molar-refractivity contribution in [2.24, 2.45) is 46.2 Å². The SMILES string of the molecule is C#C.CC(C)N(C(=O)CCCC1CCC2C3CCC4CC(NCCCNCCCNCCCN)CCC4(C)C3CCC12C)C(C)C. The molecule has 6 nitrogen and oxygen atoms in total. The summed E-state index contributed by atoms with van der Waals surface area (Å²) in [5, 5.41) is 11.1. The highest BCUT2D eigenvalue weighted by atomic mass is 16.2. The van der Waals surface area contributed by atoms with Crippen LogP contribution < -0.4 is 21.7 Å². The zero-order chi connectivity index (χ0) is 33.7. The maximum Gasteiger partial charge on any atom is 0.223 e. The second-order valence-electron chi connectivity index (χ2n) is 16.6. The quantitative estimate of drug-likeness (QED) is 0.0960. The van der Waals surface area contributed by atoms with Gasteiger partial charge in [-0.2, -0.15) is 0 Å². The molecule has 4 saturated carbocycles. The summed E-state index contributed by atoms with van der Waals surface area (Å²) in [6.07, 6.45) is 27.5. The first kappa shape index (κ1) is 39.3. The fraction of sp³-hybridized carbons (Fsp3) is 0.925. The molecule has 4 fully saturated rings. The zero-order valence-corrected chi connectivity index (χ0v) is 31.1. The molecule has 0 aromatic heterocycles. The van der Waals surface area contributed by atoms with Gasteiger partial charge in [-0.25, -0.2) is 0 Å². The molecule has 8 atom stereocenters. The Kier molecular flexibility index (Phi) is 16.4. The number of nitrogens with zero attached hydrogens (tertiary/aromatic N) is 1. The molecule has 6 heteroatoms. The number of rotatable bonds is 18. The van der Waals surface area contributed by atoms with Gasteiger partial charge in [-0.1, -0.05) is 13.8 Å². The summed E-state index contributed by atoms with van der Waals surface area (Å²) in [6.45, 7) is 20.3. The number of nitrogens with one attached hydrogen (secondary N) is 3. The molecule has 0 bridgehead atoms. The highest BCUT2D eigenvalue weighted by Gasteiger charge is 2.59. The number of nitrogens with two attached hydrogens (primary N) is 1. The minimum Gasteiger partial charge on any atom is -0.338 e. The summed E-state index contributed by atoms with van der Waals surface area (Å²) in [5.41, 5.74) is 6.62. The summed E-state index contributed by atoms with van der Waals surface area (Å²) in [7, 11) is 0. The number of terminal acetylenes is 1. The van der Waals surface area contributed by atoms with Gasteiger partial charge in [-0.3, -0.25) is 4.79 Å². The van der Waals surface area contributed by atoms with Crippen LogP contribution in [0.1, 0.15) is 138 Å². The van der Waals surface area contributed by atoms with Crippen molar-refractivity contribution in [1.29, 1.82) is 0 Å². The Bertz CT molecular complexity index is 897. The molecule has 4 aliphatic carbocycles. The van der Waals surface area contributed by atoms with Gasteiger partial charge in [0.25, 0.3) is 0 Å². The predicted octanol–water partition coefficient (Wildman–Crippen LogP) is 6.98. The highest BCUT2D eigenvalue weighted by Crippen LogP contribution is 2.67. The summed E-state index contributed by atoms with van der Waals surface area (Å²) in [5.74, 6) is 4.92. The van der Waals surface area contributed by atoms with Crippen molar-refractivity contribution in [3.8, 4) is 12.8 Å². The van der Waals surface area contributed by atoms with E-state index in [2.05, 4.69) is 75.2 Å². The van der Waals surface area contributed by atoms with Crippen molar-refractivity contribution in [2.45, 2.75) is 156 Å². The van der Waals surface area contributed by atoms with Gasteiger partial charge in [0.05, 0.1) is 0 Å². The van der Waals surface area contributed by atoms with E-state index < -0.39 is 0 Å². The third kappa shape index (κ3) is 9.73. The Morgan fingerprint density at radius 1 is 0.783 bits per heavy atom. The van der Waals surface area contributed by atoms with Crippen LogP contribution in [0.5, 0.6) is 0 Å². The minimum atomic E-state index is 0.297. The van der Waals surface area contributed by atoms with Crippen LogP contribution in [-0.4, -0.2) is 68.2 Å². The number of hydrogen-bond donors (Lipinski definition) is 4. The average molecular weight is 642 g/mol. The van der Waals surface area contributed by atoms with E-state index in [0.29, 0.717) is 28.8 Å². The van der Waals surface area contributed by atoms with E-state index in [0.717, 1.165) is 94.2 Å². The molecule has 266 valence electrons. The molecule has 0 aliphatic heterocycles. The summed E-state index contributed by atoms with van der Waals surface area (Å²) < 4.78 is 0. The normalized spacial score (nSPS) is 33.5. The summed E-state index contributed by atoms with van der Waals surface area (Å²) in [6, 6.07) is 1.32. The standard InChI is InChI=1S/C38H73N5O.C2H2/c1-28(2)43(29(3)4)36(44)12-7-11-30-14-16-34-33-15-13-31-27-32(17-19-38(31,6)35(33)18-20-37(30,34)5)42-26-10-25-41-24-9-23-40-22-8-21-39;1-2/h28-35,40-42H,7-27,39H2,1-6H3;1-2H. The Hall–Kier alpha value is -1.13. The van der Waals surface area contributed by atoms with Crippen LogP contribution in [0.2, 0.25) is 0 Å². The van der Waals surface area contributed by atoms with Gasteiger partial charge in [0, 0.05) is 24.5 Å². The van der Waals surface area contributed by atoms with Crippen LogP contribution in [0.4, 0.5) is 0 Å². The topological polar surface area (TPSA) is 82.4 Å². The molecule has 0 spiro atoms. The van der Waals surface area contributed by atoms with Crippen LogP contribution in [0.3, 0.4) is 0 Å². The molecule has 4 rings (SSSR count). The lowest BCUT2D eigenvalue weighted by Crippen LogP contribution is -2.55. The molecule has 0 radical (unpaired) electrons. The molecule has 4 aliphatic rings. The van der Waals surface area contributed by atoms with Crippen LogP contribution in [-0.2, 0) is 4.79 Å². The lowest BCUT2D eigenvalue weighted by molar-refractivity contribution is -0.135. The van der Waals surface area contributed by atoms with Gasteiger partial charge in [0.1, 0.15) is 0 Å². The number of hydrogen-bond acceptors (Lipinski definition) is 5. The van der Waals surface area contributed by atoms with Gasteiger partial charge in [0.2, 0.25) is 5.91 Å². The van der Waals surface area contributed by atoms with Crippen molar-refractivity contribution in [3.63, 3.8) is 0 Å². The number of fused-ring (bicyclic) bond motifs is 5. The highest BCUT2D eigenvalue weighted by molar-refractivity contribution is 5.76. The number of amides is 1. The zero-order valence-electron chi connectivity index (χ0n) is 31.1. The molecule has 1 amide bonds. The molecule has 0 heterocycles. The first-order valence-electron chi connectivity index (χ1n) is 19.6. The Labute approximate surface area is 285 Å². The second-order valence-corrected chi connectivity index (χ2v) is 16.6. The van der Waals surface area contributed by atoms with Crippen molar-refractivity contribution < 1.29 is 4.79 Å². The molecule has 0 aromatic rings. The number of carbonyl (C=O) groups is 1. The van der Waals surface area contributed by atoms with E-state index in [9.17, 15) is 4.79 Å². The van der Waals surface area contributed by atoms with Crippen molar-refractivity contribution in [2.75, 3.05) is 39.3 Å². The molecular weight excluding hydrogens is 566 g/mol. The van der Waals surface area contributed by atoms with Crippen molar-refractivity contribution in [1.82, 2.24) is 20.9 Å². The monoisotopic (exact) mass is 642 g/mol. The maximum absolute atomic E-state index is 13.0. The third-order valence-corrected chi connectivity index (χ3v) is 13.4. The number of carbonyl (C=O) groups excluding carboxylic acids is 1. The lowest BCUT2D eigenvalue weighted by atomic mass is 9.44. The van der Waals surface area contributed by atoms with Gasteiger partial charge in [0.15, 0.2) is 0 Å². The van der Waals surface area contributed by atoms with Gasteiger partial charge in [-0.05, 0) is 197 Å². The van der Waals surface area contributed by atoms with Crippen molar-refractivity contribution in [3.05, 3.63) is 0 Å². The minimum absolute atomic E-state index is 0.297. The van der Waals surface area contributed by atoms with E-state index in [4.69, 9.17) is 5.73 Å². The van der Waals surface area contributed by atoms with Gasteiger partial charge >= 0.3 is 0 Å². The molecule has 0 saturated heterocycles. The van der Waals surface area contributed by atoms with Crippen LogP contribution in [0.15, 0.2) is 0 Å². The van der Waals surface area contributed by atoms with E-state index in [-0.39, 0.29) is 0 Å². The largest absolute Gasteiger partial charge is 0.338 e. The average Bonchev–Trinajstić information content (AvgIpc) is 3.36. The molecule has 5 N–H and O–H groups in total. The first-order chi connectivity index (χ1) is 22.1. The summed E-state index contributed by atoms with van der Waals surface area (Å²) >= 11 is 0. The smallest absolute Gasteiger partial charge is 0.223 e. The van der Waals surface area contributed by atoms with Crippen LogP contribution >= 0.6 is 0 Å². The van der Waals surface area contributed by atoms with Crippen LogP contribution in [0, 0.1) is 53.3 Å². The Balaban J connectivity index is 0.00000282. The summed E-state index contributed by atoms with van der Waals surface area (Å²) in [4.78, 5) is 15.1. The maximum atomic E-state index is 13.0. The molecule has 46 heavy (non-hydrogen) atoms. The van der Waals surface area contributed by atoms with E-state index in [1.807, 2.05) is 0 Å². The fourth-order valence-electron chi connectivity index (χ4n) is 11.2. The molecule has 0 aromatic carbocycles. The fourth-order valence-corrected chi connectivity index (χ4v) is 11.2. The molecule has 8 unspecified atom stereocenters. The second kappa shape index (κ2) is 19.2. The van der Waals surface area contributed by atoms with E-state index in [1.54, 1.807) is 0 Å². The Morgan fingerprint density at radius 2 is 1.39 bits per heavy atom. The van der Waals surface area contributed by atoms with E-state index >= 15 is 0 Å². The predicted molar refractivity (Wildman–Crippen MR) is 197 cm³/mol. The van der Waals surface area contributed by atoms with E-state index in [1.165, 1.54) is 77.0 Å². The lowest BCUT2D eigenvalue weighted by Gasteiger charge is -2.61. The Morgan fingerprint density at radius 3 is 2.04 bits per heavy atom. The molecular formula is C40H75N5O. The third-order valence-electron chi connectivity index (χ3n) is 13.4. The van der Waals surface area contributed by atoms with Gasteiger partial charge < -0.3 is 26.6 Å².